The molecule has 0 radical (unpaired) electrons. The van der Waals surface area contributed by atoms with Crippen LogP contribution >= 0.6 is 11.8 Å². The Hall–Kier alpha value is -3.91. The SMILES string of the molecule is Cc1ccc(C(=O)COC(=O)c2ccc(N3C(=O)C[C@H](Sc4cccc(N)c4)C3=O)cc2)cc1. The summed E-state index contributed by atoms with van der Waals surface area (Å²) in [6.45, 7) is 1.54. The number of benzene rings is 3. The zero-order valence-electron chi connectivity index (χ0n) is 18.4. The largest absolute Gasteiger partial charge is 0.454 e. The maximum atomic E-state index is 12.9. The summed E-state index contributed by atoms with van der Waals surface area (Å²) in [5.41, 5.74) is 8.45. The predicted molar refractivity (Wildman–Crippen MR) is 130 cm³/mol. The first-order chi connectivity index (χ1) is 16.3. The average Bonchev–Trinajstić information content (AvgIpc) is 3.10. The number of nitrogens with two attached hydrogens (primary N) is 1. The van der Waals surface area contributed by atoms with Crippen molar-refractivity contribution in [2.75, 3.05) is 17.2 Å². The van der Waals surface area contributed by atoms with E-state index in [9.17, 15) is 19.2 Å². The lowest BCUT2D eigenvalue weighted by atomic mass is 10.1. The highest BCUT2D eigenvalue weighted by atomic mass is 32.2. The Balaban J connectivity index is 1.38. The number of nitrogens with zero attached hydrogens (tertiary/aromatic N) is 1. The first-order valence-electron chi connectivity index (χ1n) is 10.6. The molecule has 0 saturated carbocycles. The Labute approximate surface area is 200 Å². The third-order valence-corrected chi connectivity index (χ3v) is 6.49. The van der Waals surface area contributed by atoms with Gasteiger partial charge in [-0.15, -0.1) is 11.8 Å². The van der Waals surface area contributed by atoms with Gasteiger partial charge < -0.3 is 10.5 Å². The molecular weight excluding hydrogens is 452 g/mol. The molecule has 8 heteroatoms. The lowest BCUT2D eigenvalue weighted by Crippen LogP contribution is -2.31. The topological polar surface area (TPSA) is 107 Å². The molecule has 2 amide bonds. The summed E-state index contributed by atoms with van der Waals surface area (Å²) in [6.07, 6.45) is 0.0726. The molecule has 4 rings (SSSR count). The normalized spacial score (nSPS) is 15.4. The molecule has 1 aliphatic rings. The van der Waals surface area contributed by atoms with Crippen LogP contribution in [0.25, 0.3) is 0 Å². The van der Waals surface area contributed by atoms with Crippen molar-refractivity contribution < 1.29 is 23.9 Å². The van der Waals surface area contributed by atoms with Crippen molar-refractivity contribution >= 4 is 46.7 Å². The Morgan fingerprint density at radius 2 is 1.68 bits per heavy atom. The molecule has 1 heterocycles. The van der Waals surface area contributed by atoms with E-state index >= 15 is 0 Å². The van der Waals surface area contributed by atoms with Crippen LogP contribution in [0, 0.1) is 6.92 Å². The number of carbonyl (C=O) groups is 4. The number of rotatable bonds is 7. The number of Topliss-reactive ketones (excluding diaryl/α,β-unsaturated/α-hetero) is 1. The number of nitrogen functional groups attached to an aromatic ring is 1. The molecule has 172 valence electrons. The third kappa shape index (κ3) is 5.18. The number of ether oxygens (including phenoxy) is 1. The number of ketones is 1. The second-order valence-corrected chi connectivity index (χ2v) is 9.14. The quantitative estimate of drug-likeness (QED) is 0.238. The van der Waals surface area contributed by atoms with Gasteiger partial charge in [0.25, 0.3) is 0 Å². The Morgan fingerprint density at radius 3 is 2.35 bits per heavy atom. The van der Waals surface area contributed by atoms with Crippen molar-refractivity contribution in [2.45, 2.75) is 23.5 Å². The molecule has 0 bridgehead atoms. The van der Waals surface area contributed by atoms with Crippen molar-refractivity contribution in [1.82, 2.24) is 0 Å². The molecule has 0 aromatic heterocycles. The van der Waals surface area contributed by atoms with Crippen LogP contribution in [0.3, 0.4) is 0 Å². The van der Waals surface area contributed by atoms with E-state index in [-0.39, 0.29) is 36.2 Å². The third-order valence-electron chi connectivity index (χ3n) is 5.31. The Kier molecular flexibility index (Phi) is 6.79. The van der Waals surface area contributed by atoms with E-state index < -0.39 is 11.2 Å². The van der Waals surface area contributed by atoms with E-state index in [0.717, 1.165) is 15.4 Å². The molecule has 1 saturated heterocycles. The second kappa shape index (κ2) is 9.93. The fourth-order valence-electron chi connectivity index (χ4n) is 3.50. The first-order valence-corrected chi connectivity index (χ1v) is 11.5. The summed E-state index contributed by atoms with van der Waals surface area (Å²) >= 11 is 1.29. The van der Waals surface area contributed by atoms with Crippen LogP contribution in [-0.2, 0) is 14.3 Å². The minimum atomic E-state index is -0.666. The number of hydrogen-bond acceptors (Lipinski definition) is 7. The van der Waals surface area contributed by atoms with Crippen LogP contribution in [0.1, 0.15) is 32.7 Å². The average molecular weight is 475 g/mol. The molecule has 0 aliphatic carbocycles. The smallest absolute Gasteiger partial charge is 0.338 e. The molecule has 1 atom stereocenters. The minimum absolute atomic E-state index is 0.0726. The van der Waals surface area contributed by atoms with Crippen molar-refractivity contribution in [3.63, 3.8) is 0 Å². The zero-order chi connectivity index (χ0) is 24.2. The molecule has 0 spiro atoms. The van der Waals surface area contributed by atoms with Gasteiger partial charge in [0.2, 0.25) is 11.8 Å². The van der Waals surface area contributed by atoms with Gasteiger partial charge in [0.15, 0.2) is 12.4 Å². The summed E-state index contributed by atoms with van der Waals surface area (Å²) in [6, 6.07) is 20.1. The fraction of sp³-hybridized carbons (Fsp3) is 0.154. The second-order valence-electron chi connectivity index (χ2n) is 7.86. The molecule has 3 aromatic carbocycles. The molecule has 0 unspecified atom stereocenters. The van der Waals surface area contributed by atoms with Crippen LogP contribution in [0.2, 0.25) is 0 Å². The molecule has 7 nitrogen and oxygen atoms in total. The number of anilines is 2. The molecule has 34 heavy (non-hydrogen) atoms. The standard InChI is InChI=1S/C26H22N2O5S/c1-16-5-7-17(8-6-16)22(29)15-33-26(32)18-9-11-20(12-10-18)28-24(30)14-23(25(28)31)34-21-4-2-3-19(27)13-21/h2-13,23H,14-15,27H2,1H3/t23-/m0/s1. The van der Waals surface area contributed by atoms with Gasteiger partial charge in [-0.2, -0.15) is 0 Å². The van der Waals surface area contributed by atoms with Crippen molar-refractivity contribution in [3.8, 4) is 0 Å². The summed E-state index contributed by atoms with van der Waals surface area (Å²) in [5, 5.41) is -0.549. The highest BCUT2D eigenvalue weighted by Gasteiger charge is 2.40. The van der Waals surface area contributed by atoms with Crippen LogP contribution < -0.4 is 10.6 Å². The fourth-order valence-corrected chi connectivity index (χ4v) is 4.63. The number of thioether (sulfide) groups is 1. The predicted octanol–water partition coefficient (Wildman–Crippen LogP) is 4.04. The summed E-state index contributed by atoms with van der Waals surface area (Å²) in [5.74, 6) is -1.61. The number of esters is 1. The maximum Gasteiger partial charge on any atom is 0.338 e. The van der Waals surface area contributed by atoms with Gasteiger partial charge in [0.1, 0.15) is 0 Å². The summed E-state index contributed by atoms with van der Waals surface area (Å²) in [4.78, 5) is 51.9. The van der Waals surface area contributed by atoms with Gasteiger partial charge in [-0.05, 0) is 49.4 Å². The van der Waals surface area contributed by atoms with Crippen LogP contribution in [0.4, 0.5) is 11.4 Å². The maximum absolute atomic E-state index is 12.9. The van der Waals surface area contributed by atoms with E-state index in [1.807, 2.05) is 25.1 Å². The van der Waals surface area contributed by atoms with Crippen molar-refractivity contribution in [3.05, 3.63) is 89.5 Å². The van der Waals surface area contributed by atoms with Crippen LogP contribution in [0.5, 0.6) is 0 Å². The highest BCUT2D eigenvalue weighted by Crippen LogP contribution is 2.34. The number of hydrogen-bond donors (Lipinski definition) is 1. The van der Waals surface area contributed by atoms with Gasteiger partial charge in [0.05, 0.1) is 16.5 Å². The Morgan fingerprint density at radius 1 is 1.00 bits per heavy atom. The molecular formula is C26H22N2O5S. The Bertz CT molecular complexity index is 1250. The molecule has 2 N–H and O–H groups in total. The number of amides is 2. The van der Waals surface area contributed by atoms with E-state index in [1.54, 1.807) is 30.3 Å². The lowest BCUT2D eigenvalue weighted by Gasteiger charge is -2.15. The number of carbonyl (C=O) groups excluding carboxylic acids is 4. The van der Waals surface area contributed by atoms with Gasteiger partial charge in [-0.1, -0.05) is 35.9 Å². The van der Waals surface area contributed by atoms with E-state index in [4.69, 9.17) is 10.5 Å². The van der Waals surface area contributed by atoms with Gasteiger partial charge >= 0.3 is 5.97 Å². The molecule has 1 aliphatic heterocycles. The summed E-state index contributed by atoms with van der Waals surface area (Å²) in [7, 11) is 0. The first kappa shape index (κ1) is 23.3. The minimum Gasteiger partial charge on any atom is -0.454 e. The van der Waals surface area contributed by atoms with Crippen LogP contribution in [0.15, 0.2) is 77.7 Å². The molecule has 1 fully saturated rings. The van der Waals surface area contributed by atoms with Gasteiger partial charge in [-0.25, -0.2) is 9.69 Å². The van der Waals surface area contributed by atoms with E-state index in [2.05, 4.69) is 0 Å². The highest BCUT2D eigenvalue weighted by molar-refractivity contribution is 8.00. The van der Waals surface area contributed by atoms with Crippen molar-refractivity contribution in [1.29, 1.82) is 0 Å². The van der Waals surface area contributed by atoms with Gasteiger partial charge in [-0.3, -0.25) is 14.4 Å². The van der Waals surface area contributed by atoms with E-state index in [1.165, 1.54) is 36.0 Å². The van der Waals surface area contributed by atoms with Crippen LogP contribution in [-0.4, -0.2) is 35.4 Å². The zero-order valence-corrected chi connectivity index (χ0v) is 19.2. The lowest BCUT2D eigenvalue weighted by molar-refractivity contribution is -0.121. The summed E-state index contributed by atoms with van der Waals surface area (Å²) < 4.78 is 5.13. The van der Waals surface area contributed by atoms with Crippen molar-refractivity contribution in [2.24, 2.45) is 0 Å². The monoisotopic (exact) mass is 474 g/mol. The van der Waals surface area contributed by atoms with E-state index in [0.29, 0.717) is 16.9 Å². The molecule has 3 aromatic rings. The number of aryl methyl sites for hydroxylation is 1. The van der Waals surface area contributed by atoms with Gasteiger partial charge in [0, 0.05) is 22.6 Å². The number of imide groups is 1.